The highest BCUT2D eigenvalue weighted by Gasteiger charge is 2.34. The van der Waals surface area contributed by atoms with Crippen molar-refractivity contribution in [3.63, 3.8) is 0 Å². The Hall–Kier alpha value is -3.43. The molecule has 0 spiro atoms. The van der Waals surface area contributed by atoms with E-state index in [-0.39, 0.29) is 36.7 Å². The van der Waals surface area contributed by atoms with E-state index in [1.165, 1.54) is 14.2 Å². The molecule has 0 aromatic heterocycles. The molecule has 1 saturated heterocycles. The van der Waals surface area contributed by atoms with Gasteiger partial charge in [0.15, 0.2) is 0 Å². The lowest BCUT2D eigenvalue weighted by Gasteiger charge is -2.29. The second-order valence-electron chi connectivity index (χ2n) is 8.33. The molecule has 1 aliphatic heterocycles. The molecule has 1 fully saturated rings. The summed E-state index contributed by atoms with van der Waals surface area (Å²) in [6.45, 7) is 1.03. The Morgan fingerprint density at radius 1 is 1.15 bits per heavy atom. The Morgan fingerprint density at radius 2 is 1.74 bits per heavy atom. The van der Waals surface area contributed by atoms with Crippen molar-refractivity contribution in [2.75, 3.05) is 33.8 Å². The summed E-state index contributed by atoms with van der Waals surface area (Å²) in [6, 6.07) is 18.9. The van der Waals surface area contributed by atoms with Crippen LogP contribution in [0.1, 0.15) is 29.9 Å². The van der Waals surface area contributed by atoms with Gasteiger partial charge in [-0.1, -0.05) is 60.7 Å². The third kappa shape index (κ3) is 6.79. The quantitative estimate of drug-likeness (QED) is 0.486. The van der Waals surface area contributed by atoms with Gasteiger partial charge in [0.1, 0.15) is 0 Å². The van der Waals surface area contributed by atoms with Gasteiger partial charge >= 0.3 is 6.09 Å². The molecular weight excluding hydrogens is 436 g/mol. The third-order valence-corrected chi connectivity index (χ3v) is 6.10. The second kappa shape index (κ2) is 12.2. The number of rotatable bonds is 9. The zero-order chi connectivity index (χ0) is 24.5. The molecule has 0 radical (unpaired) electrons. The number of hydrogen-bond donors (Lipinski definition) is 3. The molecular formula is C25H32N4O5. The highest BCUT2D eigenvalue weighted by atomic mass is 16.7. The van der Waals surface area contributed by atoms with Crippen molar-refractivity contribution in [2.45, 2.75) is 30.8 Å². The van der Waals surface area contributed by atoms with Gasteiger partial charge in [-0.2, -0.15) is 0 Å². The largest absolute Gasteiger partial charge is 0.465 e. The smallest absolute Gasteiger partial charge is 0.404 e. The van der Waals surface area contributed by atoms with E-state index in [1.54, 1.807) is 4.90 Å². The van der Waals surface area contributed by atoms with Gasteiger partial charge in [-0.05, 0) is 17.5 Å². The fraction of sp³-hybridized carbons (Fsp3) is 0.400. The topological polar surface area (TPSA) is 111 Å². The van der Waals surface area contributed by atoms with Crippen LogP contribution in [0.4, 0.5) is 4.79 Å². The molecule has 3 N–H and O–H groups in total. The molecule has 1 heterocycles. The molecule has 0 unspecified atom stereocenters. The molecule has 34 heavy (non-hydrogen) atoms. The predicted octanol–water partition coefficient (Wildman–Crippen LogP) is 2.06. The maximum absolute atomic E-state index is 13.6. The van der Waals surface area contributed by atoms with Gasteiger partial charge in [0.25, 0.3) is 0 Å². The zero-order valence-corrected chi connectivity index (χ0v) is 19.5. The maximum Gasteiger partial charge on any atom is 0.404 e. The number of benzene rings is 2. The van der Waals surface area contributed by atoms with Gasteiger partial charge in [0, 0.05) is 38.6 Å². The fourth-order valence-corrected chi connectivity index (χ4v) is 4.18. The van der Waals surface area contributed by atoms with E-state index in [1.807, 2.05) is 60.7 Å². The normalized spacial score (nSPS) is 18.4. The van der Waals surface area contributed by atoms with Crippen LogP contribution in [-0.4, -0.2) is 78.9 Å². The van der Waals surface area contributed by atoms with Crippen LogP contribution < -0.4 is 10.6 Å². The van der Waals surface area contributed by atoms with Gasteiger partial charge in [0.05, 0.1) is 19.6 Å². The summed E-state index contributed by atoms with van der Waals surface area (Å²) in [6.07, 6.45) is -0.674. The Kier molecular flexibility index (Phi) is 9.00. The molecule has 2 atom stereocenters. The Labute approximate surface area is 199 Å². The first-order chi connectivity index (χ1) is 16.4. The van der Waals surface area contributed by atoms with Crippen LogP contribution in [0.15, 0.2) is 60.7 Å². The molecule has 1 aliphatic rings. The highest BCUT2D eigenvalue weighted by molar-refractivity contribution is 5.88. The molecule has 3 amide bonds. The van der Waals surface area contributed by atoms with Crippen LogP contribution in [0, 0.1) is 0 Å². The summed E-state index contributed by atoms with van der Waals surface area (Å²) < 4.78 is 0. The van der Waals surface area contributed by atoms with Crippen molar-refractivity contribution in [2.24, 2.45) is 0 Å². The van der Waals surface area contributed by atoms with E-state index in [0.29, 0.717) is 19.5 Å². The van der Waals surface area contributed by atoms with Crippen molar-refractivity contribution >= 4 is 17.9 Å². The molecule has 0 aliphatic carbocycles. The summed E-state index contributed by atoms with van der Waals surface area (Å²) >= 11 is 0. The molecule has 0 saturated carbocycles. The molecule has 2 aromatic rings. The Balaban J connectivity index is 1.86. The number of carbonyl (C=O) groups excluding carboxylic acids is 2. The van der Waals surface area contributed by atoms with E-state index >= 15 is 0 Å². The first kappa shape index (κ1) is 25.2. The number of nitrogens with one attached hydrogen (secondary N) is 2. The highest BCUT2D eigenvalue weighted by Crippen LogP contribution is 2.27. The lowest BCUT2D eigenvalue weighted by Crippen LogP contribution is -2.51. The average molecular weight is 469 g/mol. The first-order valence-electron chi connectivity index (χ1n) is 11.3. The zero-order valence-electron chi connectivity index (χ0n) is 19.5. The minimum Gasteiger partial charge on any atom is -0.465 e. The molecule has 182 valence electrons. The number of nitrogens with zero attached hydrogens (tertiary/aromatic N) is 2. The van der Waals surface area contributed by atoms with Gasteiger partial charge in [-0.25, -0.2) is 9.86 Å². The lowest BCUT2D eigenvalue weighted by molar-refractivity contribution is -0.170. The van der Waals surface area contributed by atoms with Gasteiger partial charge < -0.3 is 20.6 Å². The van der Waals surface area contributed by atoms with Crippen LogP contribution in [-0.2, 0) is 14.4 Å². The Morgan fingerprint density at radius 3 is 2.26 bits per heavy atom. The van der Waals surface area contributed by atoms with Crippen LogP contribution >= 0.6 is 0 Å². The number of hydroxylamine groups is 2. The van der Waals surface area contributed by atoms with Gasteiger partial charge in [0.2, 0.25) is 11.8 Å². The number of carbonyl (C=O) groups is 3. The van der Waals surface area contributed by atoms with Crippen LogP contribution in [0.25, 0.3) is 0 Å². The average Bonchev–Trinajstić information content (AvgIpc) is 3.00. The summed E-state index contributed by atoms with van der Waals surface area (Å²) in [5.41, 5.74) is 2.18. The maximum atomic E-state index is 13.6. The Bertz CT molecular complexity index is 917. The van der Waals surface area contributed by atoms with Crippen molar-refractivity contribution in [3.05, 3.63) is 71.8 Å². The molecule has 9 nitrogen and oxygen atoms in total. The minimum absolute atomic E-state index is 0.0435. The van der Waals surface area contributed by atoms with Crippen LogP contribution in [0.2, 0.25) is 0 Å². The van der Waals surface area contributed by atoms with Gasteiger partial charge in [-0.15, -0.1) is 0 Å². The van der Waals surface area contributed by atoms with Crippen LogP contribution in [0.5, 0.6) is 0 Å². The van der Waals surface area contributed by atoms with E-state index in [2.05, 4.69) is 10.6 Å². The van der Waals surface area contributed by atoms with E-state index in [0.717, 1.165) is 16.2 Å². The molecule has 0 bridgehead atoms. The lowest BCUT2D eigenvalue weighted by atomic mass is 9.90. The number of carboxylic acid groups (broad SMARTS) is 1. The molecule has 3 rings (SSSR count). The summed E-state index contributed by atoms with van der Waals surface area (Å²) in [4.78, 5) is 43.9. The molecule has 2 aromatic carbocycles. The minimum atomic E-state index is -1.13. The van der Waals surface area contributed by atoms with Crippen molar-refractivity contribution in [1.82, 2.24) is 20.6 Å². The van der Waals surface area contributed by atoms with Crippen molar-refractivity contribution in [1.29, 1.82) is 0 Å². The van der Waals surface area contributed by atoms with E-state index in [4.69, 9.17) is 9.94 Å². The van der Waals surface area contributed by atoms with E-state index < -0.39 is 12.1 Å². The van der Waals surface area contributed by atoms with Gasteiger partial charge in [-0.3, -0.25) is 14.4 Å². The number of hydrogen-bond acceptors (Lipinski definition) is 5. The predicted molar refractivity (Wildman–Crippen MR) is 127 cm³/mol. The standard InChI is InChI=1S/C25H32N4O5/c1-28(34-2)23(30)15-22-24(31)29(14-13-20(27-22)16-26-25(32)33)17-21(18-9-5-3-6-10-18)19-11-7-4-8-12-19/h3-12,20-22,26-27H,13-17H2,1-2H3,(H,32,33)/t20-,22-/m0/s1. The summed E-state index contributed by atoms with van der Waals surface area (Å²) in [5, 5.41) is 15.7. The van der Waals surface area contributed by atoms with Crippen LogP contribution in [0.3, 0.4) is 0 Å². The SMILES string of the molecule is CON(C)C(=O)C[C@@H]1N[C@H](CNC(=O)O)CCN(CC(c2ccccc2)c2ccccc2)C1=O. The number of amides is 3. The summed E-state index contributed by atoms with van der Waals surface area (Å²) in [7, 11) is 2.88. The second-order valence-corrected chi connectivity index (χ2v) is 8.33. The third-order valence-electron chi connectivity index (χ3n) is 6.10. The van der Waals surface area contributed by atoms with Crippen molar-refractivity contribution < 1.29 is 24.3 Å². The molecule has 9 heteroatoms. The first-order valence-corrected chi connectivity index (χ1v) is 11.3. The van der Waals surface area contributed by atoms with Crippen molar-refractivity contribution in [3.8, 4) is 0 Å². The fourth-order valence-electron chi connectivity index (χ4n) is 4.18. The van der Waals surface area contributed by atoms with E-state index in [9.17, 15) is 14.4 Å². The monoisotopic (exact) mass is 468 g/mol. The summed E-state index contributed by atoms with van der Waals surface area (Å²) in [5.74, 6) is -0.576.